The van der Waals surface area contributed by atoms with E-state index in [2.05, 4.69) is 41.2 Å². The zero-order chi connectivity index (χ0) is 33.1. The maximum atomic E-state index is 12.9. The van der Waals surface area contributed by atoms with Crippen LogP contribution >= 0.6 is 0 Å². The molecule has 4 rings (SSSR count). The molecular formula is C34H42N8O4. The summed E-state index contributed by atoms with van der Waals surface area (Å²) in [5.41, 5.74) is 4.41. The van der Waals surface area contributed by atoms with Gasteiger partial charge in [0.15, 0.2) is 0 Å². The second-order valence-corrected chi connectivity index (χ2v) is 11.8. The molecule has 0 fully saturated rings. The van der Waals surface area contributed by atoms with Gasteiger partial charge in [-0.15, -0.1) is 0 Å². The standard InChI is InChI=1S/C34H42N8O4/c1-21(2)29(41-31(43)25-11-7-23(8-12-25)27-17-35-19-39-27)33(45)37-15-5-6-16-38-34(46)30(22(3)4)42-32(44)26-13-9-24(10-14-26)28-18-36-20-40-28/h7-14,17-22,29-30H,5-6,15-16H2,1-4H3,(H,35,39)(H,36,40)(H,37,45)(H,38,46)(H,41,43)(H,42,44)/t29-,30-/m0/s1. The van der Waals surface area contributed by atoms with Crippen LogP contribution < -0.4 is 21.3 Å². The Bertz CT molecular complexity index is 1440. The third-order valence-corrected chi connectivity index (χ3v) is 7.59. The molecule has 0 unspecified atom stereocenters. The molecule has 0 aliphatic heterocycles. The lowest BCUT2D eigenvalue weighted by molar-refractivity contribution is -0.124. The molecule has 46 heavy (non-hydrogen) atoms. The molecule has 2 aromatic carbocycles. The molecule has 6 N–H and O–H groups in total. The first-order valence-corrected chi connectivity index (χ1v) is 15.5. The number of hydrogen-bond donors (Lipinski definition) is 6. The lowest BCUT2D eigenvalue weighted by Crippen LogP contribution is -2.50. The molecule has 2 heterocycles. The van der Waals surface area contributed by atoms with Gasteiger partial charge in [-0.3, -0.25) is 19.2 Å². The number of carbonyl (C=O) groups is 4. The fraction of sp³-hybridized carbons (Fsp3) is 0.353. The third kappa shape index (κ3) is 9.13. The number of amides is 4. The van der Waals surface area contributed by atoms with Crippen molar-refractivity contribution in [3.63, 3.8) is 0 Å². The van der Waals surface area contributed by atoms with Gasteiger partial charge in [-0.2, -0.15) is 0 Å². The molecule has 2 aromatic heterocycles. The largest absolute Gasteiger partial charge is 0.354 e. The fourth-order valence-electron chi connectivity index (χ4n) is 4.84. The molecule has 4 aromatic rings. The Balaban J connectivity index is 1.17. The van der Waals surface area contributed by atoms with E-state index in [0.717, 1.165) is 22.5 Å². The van der Waals surface area contributed by atoms with Crippen LogP contribution in [0.25, 0.3) is 22.5 Å². The lowest BCUT2D eigenvalue weighted by Gasteiger charge is -2.22. The molecule has 12 heteroatoms. The number of unbranched alkanes of at least 4 members (excludes halogenated alkanes) is 1. The molecular weight excluding hydrogens is 584 g/mol. The van der Waals surface area contributed by atoms with E-state index in [-0.39, 0.29) is 35.5 Å². The van der Waals surface area contributed by atoms with Crippen LogP contribution in [0.4, 0.5) is 0 Å². The predicted molar refractivity (Wildman–Crippen MR) is 175 cm³/mol. The summed E-state index contributed by atoms with van der Waals surface area (Å²) in [5, 5.41) is 11.5. The van der Waals surface area contributed by atoms with Gasteiger partial charge in [-0.1, -0.05) is 52.0 Å². The van der Waals surface area contributed by atoms with Crippen LogP contribution in [0.3, 0.4) is 0 Å². The van der Waals surface area contributed by atoms with Crippen molar-refractivity contribution in [2.75, 3.05) is 13.1 Å². The number of H-pyrrole nitrogens is 2. The van der Waals surface area contributed by atoms with Crippen molar-refractivity contribution in [3.8, 4) is 22.5 Å². The van der Waals surface area contributed by atoms with Crippen LogP contribution in [0.1, 0.15) is 61.3 Å². The maximum absolute atomic E-state index is 12.9. The van der Waals surface area contributed by atoms with Crippen LogP contribution in [0.2, 0.25) is 0 Å². The number of rotatable bonds is 15. The van der Waals surface area contributed by atoms with E-state index in [1.54, 1.807) is 49.3 Å². The van der Waals surface area contributed by atoms with E-state index in [4.69, 9.17) is 0 Å². The molecule has 12 nitrogen and oxygen atoms in total. The highest BCUT2D eigenvalue weighted by atomic mass is 16.2. The van der Waals surface area contributed by atoms with Gasteiger partial charge in [0.2, 0.25) is 11.8 Å². The fourth-order valence-corrected chi connectivity index (χ4v) is 4.84. The topological polar surface area (TPSA) is 174 Å². The number of carbonyl (C=O) groups excluding carboxylic acids is 4. The summed E-state index contributed by atoms with van der Waals surface area (Å²) in [4.78, 5) is 65.6. The maximum Gasteiger partial charge on any atom is 0.251 e. The lowest BCUT2D eigenvalue weighted by atomic mass is 10.0. The molecule has 0 aliphatic rings. The summed E-state index contributed by atoms with van der Waals surface area (Å²) in [6.45, 7) is 8.29. The van der Waals surface area contributed by atoms with Crippen molar-refractivity contribution >= 4 is 23.6 Å². The zero-order valence-electron chi connectivity index (χ0n) is 26.6. The highest BCUT2D eigenvalue weighted by Gasteiger charge is 2.26. The molecule has 2 atom stereocenters. The van der Waals surface area contributed by atoms with E-state index >= 15 is 0 Å². The number of aromatic amines is 2. The smallest absolute Gasteiger partial charge is 0.251 e. The number of nitrogens with zero attached hydrogens (tertiary/aromatic N) is 2. The van der Waals surface area contributed by atoms with Gasteiger partial charge < -0.3 is 31.2 Å². The van der Waals surface area contributed by atoms with Gasteiger partial charge in [0.05, 0.1) is 36.4 Å². The summed E-state index contributed by atoms with van der Waals surface area (Å²) in [5.74, 6) is -1.42. The first kappa shape index (κ1) is 33.6. The molecule has 0 saturated carbocycles. The minimum atomic E-state index is -0.698. The molecule has 242 valence electrons. The number of hydrogen-bond acceptors (Lipinski definition) is 6. The predicted octanol–water partition coefficient (Wildman–Crippen LogP) is 3.69. The Kier molecular flexibility index (Phi) is 11.8. The van der Waals surface area contributed by atoms with Gasteiger partial charge in [0.1, 0.15) is 12.1 Å². The van der Waals surface area contributed by atoms with E-state index in [0.29, 0.717) is 37.1 Å². The summed E-state index contributed by atoms with van der Waals surface area (Å²) in [6, 6.07) is 12.8. The van der Waals surface area contributed by atoms with Crippen LogP contribution in [0.5, 0.6) is 0 Å². The second kappa shape index (κ2) is 16.2. The van der Waals surface area contributed by atoms with Crippen molar-refractivity contribution in [1.82, 2.24) is 41.2 Å². The normalized spacial score (nSPS) is 12.4. The van der Waals surface area contributed by atoms with Crippen molar-refractivity contribution in [3.05, 3.63) is 84.7 Å². The highest BCUT2D eigenvalue weighted by molar-refractivity contribution is 5.98. The van der Waals surface area contributed by atoms with Gasteiger partial charge >= 0.3 is 0 Å². The Morgan fingerprint density at radius 2 is 0.978 bits per heavy atom. The molecule has 0 saturated heterocycles. The zero-order valence-corrected chi connectivity index (χ0v) is 26.6. The van der Waals surface area contributed by atoms with Crippen molar-refractivity contribution in [1.29, 1.82) is 0 Å². The van der Waals surface area contributed by atoms with Crippen LogP contribution in [-0.4, -0.2) is 68.7 Å². The summed E-state index contributed by atoms with van der Waals surface area (Å²) < 4.78 is 0. The average Bonchev–Trinajstić information content (AvgIpc) is 3.79. The van der Waals surface area contributed by atoms with Gasteiger partial charge in [-0.05, 0) is 60.1 Å². The number of imidazole rings is 2. The van der Waals surface area contributed by atoms with Crippen molar-refractivity contribution in [2.45, 2.75) is 52.6 Å². The highest BCUT2D eigenvalue weighted by Crippen LogP contribution is 2.18. The monoisotopic (exact) mass is 626 g/mol. The number of aromatic nitrogens is 4. The quantitative estimate of drug-likeness (QED) is 0.110. The summed E-state index contributed by atoms with van der Waals surface area (Å²) in [6.07, 6.45) is 7.84. The third-order valence-electron chi connectivity index (χ3n) is 7.59. The molecule has 0 aliphatic carbocycles. The second-order valence-electron chi connectivity index (χ2n) is 11.8. The number of nitrogens with one attached hydrogen (secondary N) is 6. The minimum absolute atomic E-state index is 0.120. The SMILES string of the molecule is CC(C)[C@H](NC(=O)c1ccc(-c2cnc[nH]2)cc1)C(=O)NCCCCNC(=O)[C@@H](NC(=O)c1ccc(-c2cnc[nH]2)cc1)C(C)C. The van der Waals surface area contributed by atoms with Crippen molar-refractivity contribution < 1.29 is 19.2 Å². The first-order valence-electron chi connectivity index (χ1n) is 15.5. The van der Waals surface area contributed by atoms with Crippen molar-refractivity contribution in [2.24, 2.45) is 11.8 Å². The Hall–Kier alpha value is -5.26. The Labute approximate surface area is 268 Å². The van der Waals surface area contributed by atoms with E-state index in [9.17, 15) is 19.2 Å². The summed E-state index contributed by atoms with van der Waals surface area (Å²) in [7, 11) is 0. The first-order chi connectivity index (χ1) is 22.1. The Morgan fingerprint density at radius 3 is 1.28 bits per heavy atom. The Morgan fingerprint density at radius 1 is 0.609 bits per heavy atom. The van der Waals surface area contributed by atoms with Gasteiger partial charge in [0.25, 0.3) is 11.8 Å². The van der Waals surface area contributed by atoms with Gasteiger partial charge in [-0.25, -0.2) is 9.97 Å². The van der Waals surface area contributed by atoms with Crippen LogP contribution in [0.15, 0.2) is 73.6 Å². The molecule has 4 amide bonds. The van der Waals surface area contributed by atoms with E-state index in [1.807, 2.05) is 52.0 Å². The molecule has 0 radical (unpaired) electrons. The minimum Gasteiger partial charge on any atom is -0.354 e. The van der Waals surface area contributed by atoms with E-state index in [1.165, 1.54) is 0 Å². The average molecular weight is 627 g/mol. The summed E-state index contributed by atoms with van der Waals surface area (Å²) >= 11 is 0. The number of benzene rings is 2. The molecule has 0 spiro atoms. The van der Waals surface area contributed by atoms with E-state index < -0.39 is 12.1 Å². The van der Waals surface area contributed by atoms with Crippen LogP contribution in [0, 0.1) is 11.8 Å². The van der Waals surface area contributed by atoms with Gasteiger partial charge in [0, 0.05) is 24.2 Å². The molecule has 0 bridgehead atoms. The van der Waals surface area contributed by atoms with Crippen LogP contribution in [-0.2, 0) is 9.59 Å².